The molecule has 1 aliphatic rings. The highest BCUT2D eigenvalue weighted by molar-refractivity contribution is 7.89. The summed E-state index contributed by atoms with van der Waals surface area (Å²) < 4.78 is 40.4. The largest absolute Gasteiger partial charge is 0.351 e. The van der Waals surface area contributed by atoms with Crippen LogP contribution in [-0.4, -0.2) is 56.3 Å². The molecule has 2 aromatic rings. The molecule has 0 radical (unpaired) electrons. The molecule has 0 atom stereocenters. The first-order chi connectivity index (χ1) is 13.4. The van der Waals surface area contributed by atoms with E-state index in [1.54, 1.807) is 0 Å². The third-order valence-electron chi connectivity index (χ3n) is 4.89. The molecule has 0 bridgehead atoms. The van der Waals surface area contributed by atoms with Crippen LogP contribution >= 0.6 is 0 Å². The normalized spacial score (nSPS) is 16.1. The molecule has 150 valence electrons. The number of halogens is 1. The number of aryl methyl sites for hydroxylation is 1. The van der Waals surface area contributed by atoms with Gasteiger partial charge in [-0.1, -0.05) is 36.4 Å². The first kappa shape index (κ1) is 20.4. The number of amides is 1. The van der Waals surface area contributed by atoms with Crippen molar-refractivity contribution in [2.75, 3.05) is 32.7 Å². The van der Waals surface area contributed by atoms with Gasteiger partial charge in [-0.3, -0.25) is 9.69 Å². The highest BCUT2D eigenvalue weighted by Crippen LogP contribution is 2.20. The van der Waals surface area contributed by atoms with Crippen molar-refractivity contribution in [3.05, 3.63) is 65.5 Å². The van der Waals surface area contributed by atoms with Crippen molar-refractivity contribution in [1.82, 2.24) is 14.5 Å². The maximum absolute atomic E-state index is 13.9. The van der Waals surface area contributed by atoms with Gasteiger partial charge in [-0.25, -0.2) is 12.8 Å². The molecule has 1 N–H and O–H groups in total. The Labute approximate surface area is 165 Å². The van der Waals surface area contributed by atoms with Gasteiger partial charge in [0.05, 0.1) is 6.54 Å². The lowest BCUT2D eigenvalue weighted by molar-refractivity contribution is -0.122. The number of rotatable bonds is 6. The number of piperazine rings is 1. The second-order valence-corrected chi connectivity index (χ2v) is 8.72. The molecule has 2 aromatic carbocycles. The number of hydrogen-bond donors (Lipinski definition) is 1. The average Bonchev–Trinajstić information content (AvgIpc) is 2.68. The number of nitrogens with zero attached hydrogens (tertiary/aromatic N) is 2. The Balaban J connectivity index is 1.51. The Bertz CT molecular complexity index is 941. The Morgan fingerprint density at radius 2 is 1.68 bits per heavy atom. The minimum Gasteiger partial charge on any atom is -0.351 e. The third-order valence-corrected chi connectivity index (χ3v) is 6.82. The van der Waals surface area contributed by atoms with Crippen molar-refractivity contribution in [2.24, 2.45) is 0 Å². The van der Waals surface area contributed by atoms with Crippen molar-refractivity contribution >= 4 is 15.9 Å². The molecule has 8 heteroatoms. The summed E-state index contributed by atoms with van der Waals surface area (Å²) in [5.74, 6) is -0.853. The molecule has 0 saturated carbocycles. The first-order valence-electron chi connectivity index (χ1n) is 9.16. The summed E-state index contributed by atoms with van der Waals surface area (Å²) in [4.78, 5) is 13.8. The Morgan fingerprint density at radius 3 is 2.36 bits per heavy atom. The van der Waals surface area contributed by atoms with E-state index in [2.05, 4.69) is 5.32 Å². The van der Waals surface area contributed by atoms with E-state index >= 15 is 0 Å². The van der Waals surface area contributed by atoms with Crippen molar-refractivity contribution in [2.45, 2.75) is 18.4 Å². The minimum atomic E-state index is -3.86. The highest BCUT2D eigenvalue weighted by atomic mass is 32.2. The van der Waals surface area contributed by atoms with E-state index in [1.165, 1.54) is 22.5 Å². The predicted octanol–water partition coefficient (Wildman–Crippen LogP) is 1.76. The van der Waals surface area contributed by atoms with Gasteiger partial charge in [-0.15, -0.1) is 0 Å². The summed E-state index contributed by atoms with van der Waals surface area (Å²) in [7, 11) is -3.86. The van der Waals surface area contributed by atoms with Crippen molar-refractivity contribution < 1.29 is 17.6 Å². The van der Waals surface area contributed by atoms with Crippen LogP contribution in [0.5, 0.6) is 0 Å². The molecule has 0 aliphatic carbocycles. The Kier molecular flexibility index (Phi) is 6.43. The molecule has 1 amide bonds. The van der Waals surface area contributed by atoms with Crippen LogP contribution < -0.4 is 5.32 Å². The van der Waals surface area contributed by atoms with Crippen LogP contribution in [0.15, 0.2) is 53.4 Å². The van der Waals surface area contributed by atoms with Crippen LogP contribution in [0.4, 0.5) is 4.39 Å². The predicted molar refractivity (Wildman–Crippen MR) is 105 cm³/mol. The maximum atomic E-state index is 13.9. The fourth-order valence-electron chi connectivity index (χ4n) is 3.18. The number of carbonyl (C=O) groups is 1. The quantitative estimate of drug-likeness (QED) is 0.795. The monoisotopic (exact) mass is 405 g/mol. The zero-order chi connectivity index (χ0) is 20.1. The van der Waals surface area contributed by atoms with Crippen LogP contribution in [0.1, 0.15) is 11.1 Å². The SMILES string of the molecule is Cc1ccccc1CNC(=O)CN1CCN(S(=O)(=O)c2ccccc2F)CC1. The summed E-state index contributed by atoms with van der Waals surface area (Å²) >= 11 is 0. The smallest absolute Gasteiger partial charge is 0.246 e. The fraction of sp³-hybridized carbons (Fsp3) is 0.350. The zero-order valence-corrected chi connectivity index (χ0v) is 16.6. The summed E-state index contributed by atoms with van der Waals surface area (Å²) in [5, 5.41) is 2.90. The van der Waals surface area contributed by atoms with E-state index in [-0.39, 0.29) is 30.4 Å². The van der Waals surface area contributed by atoms with E-state index in [1.807, 2.05) is 36.1 Å². The van der Waals surface area contributed by atoms with Crippen LogP contribution in [0, 0.1) is 12.7 Å². The zero-order valence-electron chi connectivity index (χ0n) is 15.8. The van der Waals surface area contributed by atoms with Crippen LogP contribution in [0.2, 0.25) is 0 Å². The lowest BCUT2D eigenvalue weighted by Gasteiger charge is -2.33. The van der Waals surface area contributed by atoms with Gasteiger partial charge in [0.15, 0.2) is 0 Å². The van der Waals surface area contributed by atoms with Crippen molar-refractivity contribution in [1.29, 1.82) is 0 Å². The topological polar surface area (TPSA) is 69.7 Å². The van der Waals surface area contributed by atoms with Gasteiger partial charge < -0.3 is 5.32 Å². The lowest BCUT2D eigenvalue weighted by atomic mass is 10.1. The molecule has 3 rings (SSSR count). The second-order valence-electron chi connectivity index (χ2n) is 6.81. The van der Waals surface area contributed by atoms with E-state index in [9.17, 15) is 17.6 Å². The Morgan fingerprint density at radius 1 is 1.04 bits per heavy atom. The first-order valence-corrected chi connectivity index (χ1v) is 10.6. The molecule has 1 saturated heterocycles. The summed E-state index contributed by atoms with van der Waals surface area (Å²) in [6.45, 7) is 3.96. The summed E-state index contributed by atoms with van der Waals surface area (Å²) in [6.07, 6.45) is 0. The number of hydrogen-bond acceptors (Lipinski definition) is 4. The van der Waals surface area contributed by atoms with E-state index < -0.39 is 15.8 Å². The molecular weight excluding hydrogens is 381 g/mol. The van der Waals surface area contributed by atoms with Gasteiger partial charge in [0.2, 0.25) is 15.9 Å². The van der Waals surface area contributed by atoms with Crippen molar-refractivity contribution in [3.8, 4) is 0 Å². The van der Waals surface area contributed by atoms with Crippen molar-refractivity contribution in [3.63, 3.8) is 0 Å². The maximum Gasteiger partial charge on any atom is 0.246 e. The number of sulfonamides is 1. The van der Waals surface area contributed by atoms with Crippen LogP contribution in [0.25, 0.3) is 0 Å². The van der Waals surface area contributed by atoms with E-state index in [0.717, 1.165) is 17.2 Å². The fourth-order valence-corrected chi connectivity index (χ4v) is 4.67. The Hall–Kier alpha value is -2.29. The van der Waals surface area contributed by atoms with Crippen LogP contribution in [0.3, 0.4) is 0 Å². The highest BCUT2D eigenvalue weighted by Gasteiger charge is 2.30. The van der Waals surface area contributed by atoms with Crippen LogP contribution in [-0.2, 0) is 21.4 Å². The lowest BCUT2D eigenvalue weighted by Crippen LogP contribution is -2.51. The van der Waals surface area contributed by atoms with Gasteiger partial charge in [-0.05, 0) is 30.2 Å². The van der Waals surface area contributed by atoms with Gasteiger partial charge in [-0.2, -0.15) is 4.31 Å². The molecule has 1 aliphatic heterocycles. The number of nitrogens with one attached hydrogen (secondary N) is 1. The summed E-state index contributed by atoms with van der Waals surface area (Å²) in [5.41, 5.74) is 2.19. The van der Waals surface area contributed by atoms with E-state index in [4.69, 9.17) is 0 Å². The molecular formula is C20H24FN3O3S. The second kappa shape index (κ2) is 8.81. The molecule has 0 spiro atoms. The number of benzene rings is 2. The molecule has 1 heterocycles. The van der Waals surface area contributed by atoms with E-state index in [0.29, 0.717) is 19.6 Å². The van der Waals surface area contributed by atoms with Gasteiger partial charge >= 0.3 is 0 Å². The molecule has 1 fully saturated rings. The molecule has 0 aromatic heterocycles. The van der Waals surface area contributed by atoms with Gasteiger partial charge in [0.1, 0.15) is 10.7 Å². The third kappa shape index (κ3) is 4.76. The summed E-state index contributed by atoms with van der Waals surface area (Å²) in [6, 6.07) is 13.2. The standard InChI is InChI=1S/C20H24FN3O3S/c1-16-6-2-3-7-17(16)14-22-20(25)15-23-10-12-24(13-11-23)28(26,27)19-9-5-4-8-18(19)21/h2-9H,10-15H2,1H3,(H,22,25). The molecule has 6 nitrogen and oxygen atoms in total. The molecule has 28 heavy (non-hydrogen) atoms. The van der Waals surface area contributed by atoms with Gasteiger partial charge in [0, 0.05) is 32.7 Å². The number of carbonyl (C=O) groups excluding carboxylic acids is 1. The minimum absolute atomic E-state index is 0.103. The molecule has 0 unspecified atom stereocenters. The van der Waals surface area contributed by atoms with Gasteiger partial charge in [0.25, 0.3) is 0 Å². The average molecular weight is 405 g/mol.